The molecule has 156 valence electrons. The molecule has 1 N–H and O–H groups in total. The number of aromatic nitrogens is 4. The minimum absolute atomic E-state index is 0.0315. The highest BCUT2D eigenvalue weighted by Crippen LogP contribution is 2.25. The van der Waals surface area contributed by atoms with Crippen molar-refractivity contribution in [2.45, 2.75) is 25.9 Å². The number of amides is 1. The van der Waals surface area contributed by atoms with Crippen molar-refractivity contribution in [3.8, 4) is 0 Å². The lowest BCUT2D eigenvalue weighted by atomic mass is 10.1. The van der Waals surface area contributed by atoms with Crippen molar-refractivity contribution in [3.05, 3.63) is 52.7 Å². The molecule has 0 bridgehead atoms. The number of benzene rings is 1. The Morgan fingerprint density at radius 1 is 1.30 bits per heavy atom. The zero-order chi connectivity index (χ0) is 21.5. The second kappa shape index (κ2) is 7.48. The van der Waals surface area contributed by atoms with Gasteiger partial charge in [-0.25, -0.2) is 18.1 Å². The zero-order valence-corrected chi connectivity index (χ0v) is 16.9. The van der Waals surface area contributed by atoms with Crippen LogP contribution in [0.5, 0.6) is 0 Å². The Kier molecular flexibility index (Phi) is 4.98. The van der Waals surface area contributed by atoms with Crippen LogP contribution >= 0.6 is 0 Å². The van der Waals surface area contributed by atoms with Gasteiger partial charge < -0.3 is 5.32 Å². The van der Waals surface area contributed by atoms with Gasteiger partial charge in [-0.05, 0) is 25.5 Å². The first-order chi connectivity index (χ1) is 14.2. The molecule has 1 aromatic carbocycles. The lowest BCUT2D eigenvalue weighted by Crippen LogP contribution is -2.28. The van der Waals surface area contributed by atoms with Crippen LogP contribution in [0.3, 0.4) is 0 Å². The number of hydrogen-bond acceptors (Lipinski definition) is 7. The Hall–Kier alpha value is -3.34. The summed E-state index contributed by atoms with van der Waals surface area (Å²) >= 11 is 0. The van der Waals surface area contributed by atoms with Crippen molar-refractivity contribution in [3.63, 3.8) is 0 Å². The van der Waals surface area contributed by atoms with Gasteiger partial charge in [-0.3, -0.25) is 19.0 Å². The molecule has 1 aliphatic heterocycles. The summed E-state index contributed by atoms with van der Waals surface area (Å²) in [5.74, 6) is -0.519. The molecule has 1 unspecified atom stereocenters. The highest BCUT2D eigenvalue weighted by molar-refractivity contribution is 7.91. The fraction of sp³-hybridized carbons (Fsp3) is 0.316. The molecule has 1 fully saturated rings. The van der Waals surface area contributed by atoms with Gasteiger partial charge in [0.25, 0.3) is 5.56 Å². The minimum atomic E-state index is -3.11. The summed E-state index contributed by atoms with van der Waals surface area (Å²) in [6.07, 6.45) is 3.02. The molecule has 11 heteroatoms. The van der Waals surface area contributed by atoms with E-state index in [2.05, 4.69) is 15.4 Å². The van der Waals surface area contributed by atoms with E-state index in [-0.39, 0.29) is 35.3 Å². The Labute approximate surface area is 171 Å². The van der Waals surface area contributed by atoms with Crippen molar-refractivity contribution in [2.75, 3.05) is 16.8 Å². The molecule has 0 radical (unpaired) electrons. The van der Waals surface area contributed by atoms with Gasteiger partial charge in [0, 0.05) is 11.3 Å². The summed E-state index contributed by atoms with van der Waals surface area (Å²) in [6, 6.07) is 6.16. The standard InChI is InChI=1S/C19H19N5O5S/c1-12(25)13-3-2-4-14(7-13)22-17(26)9-23-11-20-18-16(19(23)27)8-21-24(18)15-5-6-30(28,29)10-15/h2-4,7-8,11,15H,5-6,9-10H2,1H3,(H,22,26). The average Bonchev–Trinajstić information content (AvgIpc) is 3.27. The number of nitrogens with zero attached hydrogens (tertiary/aromatic N) is 4. The Morgan fingerprint density at radius 2 is 2.10 bits per heavy atom. The lowest BCUT2D eigenvalue weighted by molar-refractivity contribution is -0.116. The molecule has 3 heterocycles. The van der Waals surface area contributed by atoms with Crippen molar-refractivity contribution >= 4 is 38.2 Å². The minimum Gasteiger partial charge on any atom is -0.325 e. The molecule has 4 rings (SSSR count). The van der Waals surface area contributed by atoms with Crippen molar-refractivity contribution in [1.82, 2.24) is 19.3 Å². The van der Waals surface area contributed by atoms with E-state index in [0.29, 0.717) is 23.3 Å². The molecule has 0 saturated carbocycles. The molecular weight excluding hydrogens is 410 g/mol. The quantitative estimate of drug-likeness (QED) is 0.593. The third-order valence-corrected chi connectivity index (χ3v) is 6.75. The number of sulfone groups is 1. The highest BCUT2D eigenvalue weighted by atomic mass is 32.2. The Balaban J connectivity index is 1.55. The van der Waals surface area contributed by atoms with Crippen molar-refractivity contribution < 1.29 is 18.0 Å². The SMILES string of the molecule is CC(=O)c1cccc(NC(=O)Cn2cnc3c(cnn3C3CCS(=O)(=O)C3)c2=O)c1. The summed E-state index contributed by atoms with van der Waals surface area (Å²) < 4.78 is 26.1. The maximum Gasteiger partial charge on any atom is 0.264 e. The summed E-state index contributed by atoms with van der Waals surface area (Å²) in [6.45, 7) is 1.16. The van der Waals surface area contributed by atoms with E-state index in [1.165, 1.54) is 24.1 Å². The number of nitrogens with one attached hydrogen (secondary N) is 1. The molecule has 1 amide bonds. The number of carbonyl (C=O) groups excluding carboxylic acids is 2. The van der Waals surface area contributed by atoms with Crippen LogP contribution in [-0.2, 0) is 21.2 Å². The molecular formula is C19H19N5O5S. The number of rotatable bonds is 5. The first-order valence-corrected chi connectivity index (χ1v) is 11.1. The monoisotopic (exact) mass is 429 g/mol. The van der Waals surface area contributed by atoms with Gasteiger partial charge >= 0.3 is 0 Å². The number of fused-ring (bicyclic) bond motifs is 1. The van der Waals surface area contributed by atoms with Crippen molar-refractivity contribution in [1.29, 1.82) is 0 Å². The van der Waals surface area contributed by atoms with E-state index in [4.69, 9.17) is 0 Å². The zero-order valence-electron chi connectivity index (χ0n) is 16.1. The van der Waals surface area contributed by atoms with Crippen LogP contribution in [-0.4, -0.2) is 50.9 Å². The molecule has 1 saturated heterocycles. The highest BCUT2D eigenvalue weighted by Gasteiger charge is 2.31. The summed E-state index contributed by atoms with van der Waals surface area (Å²) in [5, 5.41) is 7.03. The van der Waals surface area contributed by atoms with E-state index < -0.39 is 21.3 Å². The first kappa shape index (κ1) is 20.0. The maximum atomic E-state index is 12.7. The Bertz CT molecular complexity index is 1320. The number of Topliss-reactive ketones (excluding diaryl/α,β-unsaturated/α-hetero) is 1. The van der Waals surface area contributed by atoms with Crippen LogP contribution in [0.1, 0.15) is 29.7 Å². The van der Waals surface area contributed by atoms with E-state index in [9.17, 15) is 22.8 Å². The van der Waals surface area contributed by atoms with Gasteiger partial charge in [-0.1, -0.05) is 12.1 Å². The first-order valence-electron chi connectivity index (χ1n) is 9.27. The van der Waals surface area contributed by atoms with Gasteiger partial charge in [-0.15, -0.1) is 0 Å². The van der Waals surface area contributed by atoms with Gasteiger partial charge in [0.1, 0.15) is 18.3 Å². The van der Waals surface area contributed by atoms with Crippen LogP contribution < -0.4 is 10.9 Å². The molecule has 10 nitrogen and oxygen atoms in total. The third-order valence-electron chi connectivity index (χ3n) is 5.00. The van der Waals surface area contributed by atoms with Crippen LogP contribution in [0.4, 0.5) is 5.69 Å². The van der Waals surface area contributed by atoms with E-state index in [0.717, 1.165) is 4.57 Å². The predicted octanol–water partition coefficient (Wildman–Crippen LogP) is 0.794. The number of anilines is 1. The summed E-state index contributed by atoms with van der Waals surface area (Å²) in [4.78, 5) is 40.8. The lowest BCUT2D eigenvalue weighted by Gasteiger charge is -2.10. The van der Waals surface area contributed by atoms with Crippen LogP contribution in [0, 0.1) is 0 Å². The summed E-state index contributed by atoms with van der Waals surface area (Å²) in [7, 11) is -3.11. The normalized spacial score (nSPS) is 17.8. The largest absolute Gasteiger partial charge is 0.325 e. The second-order valence-corrected chi connectivity index (χ2v) is 9.47. The van der Waals surface area contributed by atoms with E-state index in [1.807, 2.05) is 0 Å². The molecule has 3 aromatic rings. The molecule has 30 heavy (non-hydrogen) atoms. The van der Waals surface area contributed by atoms with Crippen LogP contribution in [0.25, 0.3) is 11.0 Å². The molecule has 0 spiro atoms. The van der Waals surface area contributed by atoms with Gasteiger partial charge in [-0.2, -0.15) is 5.10 Å². The smallest absolute Gasteiger partial charge is 0.264 e. The third kappa shape index (κ3) is 3.88. The number of hydrogen-bond donors (Lipinski definition) is 1. The van der Waals surface area contributed by atoms with Gasteiger partial charge in [0.15, 0.2) is 21.3 Å². The van der Waals surface area contributed by atoms with E-state index >= 15 is 0 Å². The van der Waals surface area contributed by atoms with Crippen LogP contribution in [0.2, 0.25) is 0 Å². The molecule has 1 aliphatic rings. The van der Waals surface area contributed by atoms with Gasteiger partial charge in [0.2, 0.25) is 5.91 Å². The fourth-order valence-corrected chi connectivity index (χ4v) is 5.18. The van der Waals surface area contributed by atoms with Gasteiger partial charge in [0.05, 0.1) is 23.7 Å². The fourth-order valence-electron chi connectivity index (χ4n) is 3.49. The maximum absolute atomic E-state index is 12.7. The number of ketones is 1. The van der Waals surface area contributed by atoms with Crippen LogP contribution in [0.15, 0.2) is 41.6 Å². The molecule has 0 aliphatic carbocycles. The second-order valence-electron chi connectivity index (χ2n) is 7.25. The average molecular weight is 429 g/mol. The Morgan fingerprint density at radius 3 is 2.80 bits per heavy atom. The van der Waals surface area contributed by atoms with E-state index in [1.54, 1.807) is 24.3 Å². The summed E-state index contributed by atoms with van der Waals surface area (Å²) in [5.41, 5.74) is 0.770. The predicted molar refractivity (Wildman–Crippen MR) is 109 cm³/mol. The molecule has 2 aromatic heterocycles. The topological polar surface area (TPSA) is 133 Å². The molecule has 1 atom stereocenters. The van der Waals surface area contributed by atoms with Crippen molar-refractivity contribution in [2.24, 2.45) is 0 Å². The number of carbonyl (C=O) groups is 2.